The average Bonchev–Trinajstić information content (AvgIpc) is 3.07. The Morgan fingerprint density at radius 1 is 0.978 bits per heavy atom. The van der Waals surface area contributed by atoms with Crippen molar-refractivity contribution in [2.45, 2.75) is 56.5 Å². The van der Waals surface area contributed by atoms with Gasteiger partial charge in [0.25, 0.3) is 11.8 Å². The highest BCUT2D eigenvalue weighted by atomic mass is 32.2. The van der Waals surface area contributed by atoms with Crippen molar-refractivity contribution in [2.24, 2.45) is 5.92 Å². The molecule has 0 radical (unpaired) electrons. The number of ketones is 1. The number of piperidine rings is 1. The van der Waals surface area contributed by atoms with Gasteiger partial charge in [-0.25, -0.2) is 0 Å². The lowest BCUT2D eigenvalue weighted by atomic mass is 9.88. The Hall–Kier alpha value is -4.01. The largest absolute Gasteiger partial charge is 0.612 e. The molecular weight excluding hydrogens is 588 g/mol. The van der Waals surface area contributed by atoms with E-state index in [0.29, 0.717) is 72.6 Å². The molecule has 0 aromatic heterocycles. The highest BCUT2D eigenvalue weighted by molar-refractivity contribution is 7.90. The number of carbonyl (C=O) groups is 3. The Bertz CT molecular complexity index is 1480. The molecule has 2 atom stereocenters. The summed E-state index contributed by atoms with van der Waals surface area (Å²) in [4.78, 5) is 41.6. The predicted molar refractivity (Wildman–Crippen MR) is 172 cm³/mol. The predicted octanol–water partition coefficient (Wildman–Crippen LogP) is 5.21. The summed E-state index contributed by atoms with van der Waals surface area (Å²) in [5.74, 6) is -0.480. The van der Waals surface area contributed by atoms with Crippen LogP contribution in [0.3, 0.4) is 0 Å². The van der Waals surface area contributed by atoms with Gasteiger partial charge in [0.05, 0.1) is 11.6 Å². The zero-order valence-electron chi connectivity index (χ0n) is 25.8. The number of rotatable bonds is 13. The number of benzene rings is 3. The Kier molecular flexibility index (Phi) is 12.3. The number of nitrogens with one attached hydrogen (secondary N) is 1. The topological polar surface area (TPSA) is 137 Å². The fourth-order valence-electron chi connectivity index (χ4n) is 5.52. The summed E-state index contributed by atoms with van der Waals surface area (Å²) in [5, 5.41) is 23.6. The number of hydroxylamine groups is 2. The molecule has 0 bridgehead atoms. The molecule has 0 spiro atoms. The summed E-state index contributed by atoms with van der Waals surface area (Å²) in [6, 6.07) is 22.5. The molecule has 1 fully saturated rings. The Labute approximate surface area is 268 Å². The van der Waals surface area contributed by atoms with Gasteiger partial charge in [-0.1, -0.05) is 25.5 Å². The van der Waals surface area contributed by atoms with E-state index >= 15 is 0 Å². The van der Waals surface area contributed by atoms with E-state index in [4.69, 9.17) is 5.26 Å². The molecule has 45 heavy (non-hydrogen) atoms. The van der Waals surface area contributed by atoms with E-state index in [9.17, 15) is 24.1 Å². The van der Waals surface area contributed by atoms with E-state index in [-0.39, 0.29) is 29.6 Å². The minimum Gasteiger partial charge on any atom is -0.612 e. The van der Waals surface area contributed by atoms with Crippen LogP contribution in [0.5, 0.6) is 0 Å². The molecule has 1 aliphatic heterocycles. The second-order valence-electron chi connectivity index (χ2n) is 11.4. The average molecular weight is 629 g/mol. The van der Waals surface area contributed by atoms with Crippen LogP contribution in [-0.2, 0) is 17.7 Å². The number of hydrogen-bond donors (Lipinski definition) is 2. The first-order valence-electron chi connectivity index (χ1n) is 15.3. The number of hydrogen-bond acceptors (Lipinski definition) is 7. The summed E-state index contributed by atoms with van der Waals surface area (Å²) in [6.45, 7) is 3.67. The van der Waals surface area contributed by atoms with Crippen molar-refractivity contribution in [3.05, 3.63) is 101 Å². The third-order valence-electron chi connectivity index (χ3n) is 8.17. The molecule has 3 aromatic rings. The number of carbonyl (C=O) groups excluding carboxylic acids is 3. The number of amides is 2. The van der Waals surface area contributed by atoms with Crippen molar-refractivity contribution >= 4 is 28.8 Å². The summed E-state index contributed by atoms with van der Waals surface area (Å²) >= 11 is -1.10. The van der Waals surface area contributed by atoms with Gasteiger partial charge in [-0.3, -0.25) is 14.4 Å². The highest BCUT2D eigenvalue weighted by Crippen LogP contribution is 2.24. The standard InChI is InChI=1S/C35H40N4O5S/c1-3-4-31(19-22-39(43)24-26-7-5-25(23-36)6-8-26)37-34(41)29-9-11-30(12-10-29)35(42)38-20-17-28(18-21-38)33(40)27-13-15-32(16-14-27)45(2)44/h5-16,28,31,43H,3-4,17-22,24H2,1-2H3,(H,37,41). The van der Waals surface area contributed by atoms with Crippen molar-refractivity contribution in [2.75, 3.05) is 25.9 Å². The monoisotopic (exact) mass is 628 g/mol. The van der Waals surface area contributed by atoms with Crippen LogP contribution in [0.1, 0.15) is 81.2 Å². The van der Waals surface area contributed by atoms with Crippen molar-refractivity contribution in [1.29, 1.82) is 5.26 Å². The van der Waals surface area contributed by atoms with Crippen LogP contribution in [0.25, 0.3) is 0 Å². The molecule has 9 nitrogen and oxygen atoms in total. The highest BCUT2D eigenvalue weighted by Gasteiger charge is 2.29. The summed E-state index contributed by atoms with van der Waals surface area (Å²) in [6.07, 6.45) is 4.94. The molecule has 1 saturated heterocycles. The second-order valence-corrected chi connectivity index (χ2v) is 12.8. The van der Waals surface area contributed by atoms with Gasteiger partial charge in [0.15, 0.2) is 10.7 Å². The molecule has 2 N–H and O–H groups in total. The van der Waals surface area contributed by atoms with Crippen molar-refractivity contribution < 1.29 is 24.1 Å². The van der Waals surface area contributed by atoms with Crippen LogP contribution in [0.2, 0.25) is 0 Å². The maximum Gasteiger partial charge on any atom is 0.253 e. The molecule has 0 saturated carbocycles. The molecule has 2 amide bonds. The molecule has 3 aromatic carbocycles. The van der Waals surface area contributed by atoms with Gasteiger partial charge in [-0.05, 0) is 103 Å². The zero-order valence-corrected chi connectivity index (χ0v) is 26.6. The SMILES string of the molecule is CCCC(CCN(O)Cc1ccc(C#N)cc1)NC(=O)c1ccc(C(=O)N2CCC(C(=O)c3ccc([S+](C)[O-])cc3)CC2)cc1. The Balaban J connectivity index is 1.25. The smallest absolute Gasteiger partial charge is 0.253 e. The first-order chi connectivity index (χ1) is 21.7. The van der Waals surface area contributed by atoms with E-state index in [2.05, 4.69) is 11.4 Å². The molecule has 0 aliphatic carbocycles. The van der Waals surface area contributed by atoms with Crippen LogP contribution in [0.4, 0.5) is 0 Å². The van der Waals surface area contributed by atoms with Crippen LogP contribution in [0, 0.1) is 17.2 Å². The first kappa shape index (κ1) is 33.9. The third-order valence-corrected chi connectivity index (χ3v) is 9.11. The zero-order chi connectivity index (χ0) is 32.3. The van der Waals surface area contributed by atoms with Crippen LogP contribution < -0.4 is 5.32 Å². The van der Waals surface area contributed by atoms with Gasteiger partial charge >= 0.3 is 0 Å². The summed E-state index contributed by atoms with van der Waals surface area (Å²) < 4.78 is 11.6. The van der Waals surface area contributed by atoms with E-state index in [1.165, 1.54) is 5.06 Å². The molecule has 236 valence electrons. The molecule has 2 unspecified atom stereocenters. The van der Waals surface area contributed by atoms with Crippen LogP contribution in [0.15, 0.2) is 77.7 Å². The molecule has 1 aliphatic rings. The van der Waals surface area contributed by atoms with Gasteiger partial charge in [-0.2, -0.15) is 10.3 Å². The first-order valence-corrected chi connectivity index (χ1v) is 16.8. The van der Waals surface area contributed by atoms with E-state index in [0.717, 1.165) is 18.4 Å². The van der Waals surface area contributed by atoms with Gasteiger partial charge < -0.3 is 20.0 Å². The summed E-state index contributed by atoms with van der Waals surface area (Å²) in [5.41, 5.74) is 2.99. The maximum atomic E-state index is 13.2. The van der Waals surface area contributed by atoms with E-state index < -0.39 is 11.2 Å². The normalized spacial score (nSPS) is 14.9. The quantitative estimate of drug-likeness (QED) is 0.151. The molecular formula is C35H40N4O5S. The van der Waals surface area contributed by atoms with Crippen LogP contribution in [-0.4, -0.2) is 69.3 Å². The van der Waals surface area contributed by atoms with Crippen molar-refractivity contribution in [1.82, 2.24) is 15.3 Å². The van der Waals surface area contributed by atoms with Crippen molar-refractivity contribution in [3.63, 3.8) is 0 Å². The number of nitriles is 1. The van der Waals surface area contributed by atoms with Crippen LogP contribution >= 0.6 is 0 Å². The molecule has 1 heterocycles. The molecule has 10 heteroatoms. The van der Waals surface area contributed by atoms with E-state index in [1.54, 1.807) is 71.8 Å². The summed E-state index contributed by atoms with van der Waals surface area (Å²) in [7, 11) is 0. The maximum absolute atomic E-state index is 13.2. The van der Waals surface area contributed by atoms with Gasteiger partial charge in [0, 0.05) is 54.8 Å². The van der Waals surface area contributed by atoms with Crippen molar-refractivity contribution in [3.8, 4) is 6.07 Å². The lowest BCUT2D eigenvalue weighted by Crippen LogP contribution is -2.40. The van der Waals surface area contributed by atoms with Gasteiger partial charge in [0.2, 0.25) is 0 Å². The van der Waals surface area contributed by atoms with E-state index in [1.807, 2.05) is 19.1 Å². The Morgan fingerprint density at radius 2 is 1.58 bits per heavy atom. The Morgan fingerprint density at radius 3 is 2.16 bits per heavy atom. The fraction of sp³-hybridized carbons (Fsp3) is 0.371. The lowest BCUT2D eigenvalue weighted by molar-refractivity contribution is -0.101. The number of likely N-dealkylation sites (tertiary alicyclic amines) is 1. The van der Waals surface area contributed by atoms with Gasteiger partial charge in [-0.15, -0.1) is 0 Å². The minimum atomic E-state index is -1.10. The number of Topliss-reactive ketones (excluding diaryl/α,β-unsaturated/α-hetero) is 1. The molecule has 4 rings (SSSR count). The number of nitrogens with zero attached hydrogens (tertiary/aromatic N) is 3. The van der Waals surface area contributed by atoms with Gasteiger partial charge in [0.1, 0.15) is 6.26 Å². The third kappa shape index (κ3) is 9.49. The second kappa shape index (κ2) is 16.3. The lowest BCUT2D eigenvalue weighted by Gasteiger charge is -2.31. The fourth-order valence-corrected chi connectivity index (χ4v) is 6.04. The minimum absolute atomic E-state index is 0.0466.